The molecule has 3 aliphatic carbocycles. The van der Waals surface area contributed by atoms with Gasteiger partial charge in [-0.15, -0.1) is 0 Å². The van der Waals surface area contributed by atoms with E-state index in [1.165, 1.54) is 37.7 Å². The predicted molar refractivity (Wildman–Crippen MR) is 95.5 cm³/mol. The highest BCUT2D eigenvalue weighted by Crippen LogP contribution is 2.65. The molecular weight excluding hydrogens is 296 g/mol. The zero-order valence-corrected chi connectivity index (χ0v) is 15.4. The van der Waals surface area contributed by atoms with Crippen LogP contribution < -0.4 is 0 Å². The number of aliphatic hydroxyl groups excluding tert-OH is 1. The Morgan fingerprint density at radius 2 is 2.04 bits per heavy atom. The Bertz CT molecular complexity index is 617. The summed E-state index contributed by atoms with van der Waals surface area (Å²) in [6.45, 7) is 6.95. The molecule has 2 heteroatoms. The first-order valence-corrected chi connectivity index (χ1v) is 10.3. The van der Waals surface area contributed by atoms with Crippen LogP contribution in [0.15, 0.2) is 23.3 Å². The fourth-order valence-corrected chi connectivity index (χ4v) is 7.05. The van der Waals surface area contributed by atoms with Gasteiger partial charge < -0.3 is 9.84 Å². The number of ether oxygens (including phenoxy) is 1. The number of rotatable bonds is 1. The molecule has 2 saturated carbocycles. The Balaban J connectivity index is 1.58. The molecule has 2 nitrogen and oxygen atoms in total. The summed E-state index contributed by atoms with van der Waals surface area (Å²) in [6.07, 6.45) is 13.0. The fourth-order valence-electron chi connectivity index (χ4n) is 7.05. The van der Waals surface area contributed by atoms with E-state index < -0.39 is 0 Å². The van der Waals surface area contributed by atoms with Gasteiger partial charge in [0.1, 0.15) is 0 Å². The minimum Gasteiger partial charge on any atom is -0.389 e. The Morgan fingerprint density at radius 1 is 1.21 bits per heavy atom. The molecule has 0 aromatic heterocycles. The van der Waals surface area contributed by atoms with E-state index in [9.17, 15) is 5.11 Å². The lowest BCUT2D eigenvalue weighted by atomic mass is 9.64. The molecule has 7 atom stereocenters. The van der Waals surface area contributed by atoms with Gasteiger partial charge in [-0.1, -0.05) is 33.3 Å². The summed E-state index contributed by atoms with van der Waals surface area (Å²) >= 11 is 0. The predicted octanol–water partition coefficient (Wildman–Crippen LogP) is 4.63. The Morgan fingerprint density at radius 3 is 2.83 bits per heavy atom. The third kappa shape index (κ3) is 1.85. The van der Waals surface area contributed by atoms with E-state index in [1.54, 1.807) is 5.57 Å². The highest BCUT2D eigenvalue weighted by molar-refractivity contribution is 5.46. The summed E-state index contributed by atoms with van der Waals surface area (Å²) < 4.78 is 7.12. The third-order valence-electron chi connectivity index (χ3n) is 8.41. The Kier molecular flexibility index (Phi) is 3.24. The average Bonchev–Trinajstić information content (AvgIpc) is 3.07. The molecule has 2 bridgehead atoms. The monoisotopic (exact) mass is 328 g/mol. The van der Waals surface area contributed by atoms with E-state index in [1.807, 2.05) is 0 Å². The first kappa shape index (κ1) is 15.6. The third-order valence-corrected chi connectivity index (χ3v) is 8.41. The molecule has 132 valence electrons. The van der Waals surface area contributed by atoms with Crippen LogP contribution in [0, 0.1) is 29.6 Å². The van der Waals surface area contributed by atoms with Gasteiger partial charge in [0.25, 0.3) is 0 Å². The summed E-state index contributed by atoms with van der Waals surface area (Å²) in [5.41, 5.74) is 2.83. The van der Waals surface area contributed by atoms with Crippen LogP contribution >= 0.6 is 0 Å². The molecule has 1 saturated heterocycles. The fraction of sp³-hybridized carbons (Fsp3) is 0.818. The van der Waals surface area contributed by atoms with Gasteiger partial charge in [0.15, 0.2) is 0 Å². The largest absolute Gasteiger partial charge is 0.389 e. The zero-order valence-electron chi connectivity index (χ0n) is 15.4. The van der Waals surface area contributed by atoms with E-state index in [0.29, 0.717) is 11.8 Å². The SMILES string of the molecule is CC(C)C1CC23CCC4(O2)C(=CC3=CC1O)CCC1C(C)CCC14. The van der Waals surface area contributed by atoms with Crippen molar-refractivity contribution in [2.45, 2.75) is 83.0 Å². The molecule has 2 spiro atoms. The van der Waals surface area contributed by atoms with E-state index in [2.05, 4.69) is 32.9 Å². The topological polar surface area (TPSA) is 29.5 Å². The molecule has 7 unspecified atom stereocenters. The van der Waals surface area contributed by atoms with Crippen molar-refractivity contribution in [2.24, 2.45) is 29.6 Å². The lowest BCUT2D eigenvalue weighted by Gasteiger charge is -2.52. The van der Waals surface area contributed by atoms with Crippen molar-refractivity contribution in [3.05, 3.63) is 23.3 Å². The smallest absolute Gasteiger partial charge is 0.0946 e. The van der Waals surface area contributed by atoms with Crippen LogP contribution in [0.5, 0.6) is 0 Å². The molecule has 24 heavy (non-hydrogen) atoms. The van der Waals surface area contributed by atoms with E-state index in [4.69, 9.17) is 4.74 Å². The molecule has 2 aliphatic heterocycles. The molecule has 0 radical (unpaired) electrons. The summed E-state index contributed by atoms with van der Waals surface area (Å²) in [7, 11) is 0. The number of fused-ring (bicyclic) bond motifs is 1. The first-order chi connectivity index (χ1) is 11.5. The van der Waals surface area contributed by atoms with Crippen LogP contribution in [0.2, 0.25) is 0 Å². The number of hydrogen-bond acceptors (Lipinski definition) is 2. The van der Waals surface area contributed by atoms with E-state index >= 15 is 0 Å². The van der Waals surface area contributed by atoms with Crippen molar-refractivity contribution in [1.29, 1.82) is 0 Å². The van der Waals surface area contributed by atoms with Gasteiger partial charge >= 0.3 is 0 Å². The molecule has 0 amide bonds. The van der Waals surface area contributed by atoms with E-state index in [-0.39, 0.29) is 17.3 Å². The quantitative estimate of drug-likeness (QED) is 0.760. The van der Waals surface area contributed by atoms with Gasteiger partial charge in [-0.3, -0.25) is 0 Å². The van der Waals surface area contributed by atoms with Crippen molar-refractivity contribution in [1.82, 2.24) is 0 Å². The second-order valence-corrected chi connectivity index (χ2v) is 9.74. The molecule has 5 rings (SSSR count). The first-order valence-electron chi connectivity index (χ1n) is 10.3. The van der Waals surface area contributed by atoms with Crippen LogP contribution in [-0.4, -0.2) is 22.4 Å². The molecular formula is C22H32O2. The number of hydrogen-bond donors (Lipinski definition) is 1. The second-order valence-electron chi connectivity index (χ2n) is 9.74. The van der Waals surface area contributed by atoms with Gasteiger partial charge in [0.2, 0.25) is 0 Å². The summed E-state index contributed by atoms with van der Waals surface area (Å²) in [4.78, 5) is 0. The van der Waals surface area contributed by atoms with Crippen molar-refractivity contribution < 1.29 is 9.84 Å². The highest BCUT2D eigenvalue weighted by Gasteiger charge is 2.63. The van der Waals surface area contributed by atoms with Crippen LogP contribution in [-0.2, 0) is 4.74 Å². The average molecular weight is 328 g/mol. The maximum Gasteiger partial charge on any atom is 0.0946 e. The van der Waals surface area contributed by atoms with Crippen LogP contribution in [0.3, 0.4) is 0 Å². The maximum absolute atomic E-state index is 10.6. The van der Waals surface area contributed by atoms with Gasteiger partial charge in [-0.25, -0.2) is 0 Å². The Hall–Kier alpha value is -0.600. The normalized spacial score (nSPS) is 52.5. The molecule has 0 aromatic rings. The molecule has 1 N–H and O–H groups in total. The minimum absolute atomic E-state index is 0.0504. The van der Waals surface area contributed by atoms with Crippen LogP contribution in [0.25, 0.3) is 0 Å². The zero-order chi connectivity index (χ0) is 16.7. The minimum atomic E-state index is -0.304. The van der Waals surface area contributed by atoms with Crippen LogP contribution in [0.4, 0.5) is 0 Å². The molecule has 5 aliphatic rings. The van der Waals surface area contributed by atoms with Gasteiger partial charge in [0.05, 0.1) is 17.3 Å². The van der Waals surface area contributed by atoms with E-state index in [0.717, 1.165) is 30.6 Å². The molecule has 3 fully saturated rings. The highest BCUT2D eigenvalue weighted by atomic mass is 16.5. The van der Waals surface area contributed by atoms with Crippen molar-refractivity contribution in [3.8, 4) is 0 Å². The van der Waals surface area contributed by atoms with Crippen molar-refractivity contribution >= 4 is 0 Å². The van der Waals surface area contributed by atoms with Gasteiger partial charge in [-0.2, -0.15) is 0 Å². The summed E-state index contributed by atoms with van der Waals surface area (Å²) in [5.74, 6) is 3.33. The molecule has 0 aromatic carbocycles. The lowest BCUT2D eigenvalue weighted by Crippen LogP contribution is -2.53. The second kappa shape index (κ2) is 4.98. The van der Waals surface area contributed by atoms with Gasteiger partial charge in [0, 0.05) is 0 Å². The maximum atomic E-state index is 10.6. The van der Waals surface area contributed by atoms with Crippen LogP contribution in [0.1, 0.15) is 65.7 Å². The van der Waals surface area contributed by atoms with Crippen molar-refractivity contribution in [3.63, 3.8) is 0 Å². The standard InChI is InChI=1S/C22H32O2/c1-13(2)18-12-21-8-9-22(24-21)15(10-16(21)11-20(18)23)5-6-17-14(3)4-7-19(17)22/h10-11,13-14,17-20,23H,4-9,12H2,1-3H3. The van der Waals surface area contributed by atoms with Crippen molar-refractivity contribution in [2.75, 3.05) is 0 Å². The summed E-state index contributed by atoms with van der Waals surface area (Å²) in [5, 5.41) is 10.6. The lowest BCUT2D eigenvalue weighted by molar-refractivity contribution is -0.137. The Labute approximate surface area is 146 Å². The molecule has 2 heterocycles. The van der Waals surface area contributed by atoms with Gasteiger partial charge in [-0.05, 0) is 85.3 Å². The number of aliphatic hydroxyl groups is 1. The summed E-state index contributed by atoms with van der Waals surface area (Å²) in [6, 6.07) is 0.